The summed E-state index contributed by atoms with van der Waals surface area (Å²) in [6.07, 6.45) is -2.20. The molecular formula is C22H22ClF3N2O3S. The minimum absolute atomic E-state index is 0.000180. The second-order valence-electron chi connectivity index (χ2n) is 8.45. The lowest BCUT2D eigenvalue weighted by atomic mass is 9.84. The normalized spacial score (nSPS) is 25.4. The van der Waals surface area contributed by atoms with Gasteiger partial charge in [-0.2, -0.15) is 17.5 Å². The Hall–Kier alpha value is -2.10. The number of halogens is 4. The molecule has 32 heavy (non-hydrogen) atoms. The van der Waals surface area contributed by atoms with E-state index in [1.54, 1.807) is 0 Å². The second kappa shape index (κ2) is 8.35. The fraction of sp³-hybridized carbons (Fsp3) is 0.409. The molecule has 0 spiro atoms. The largest absolute Gasteiger partial charge is 0.416 e. The summed E-state index contributed by atoms with van der Waals surface area (Å²) in [7, 11) is -4.08. The Bertz CT molecular complexity index is 1100. The van der Waals surface area contributed by atoms with Gasteiger partial charge >= 0.3 is 6.18 Å². The van der Waals surface area contributed by atoms with E-state index in [1.807, 2.05) is 0 Å². The van der Waals surface area contributed by atoms with Crippen LogP contribution < -0.4 is 5.73 Å². The topological polar surface area (TPSA) is 80.5 Å². The molecule has 1 amide bonds. The minimum atomic E-state index is -4.49. The first kappa shape index (κ1) is 23.1. The van der Waals surface area contributed by atoms with E-state index in [1.165, 1.54) is 40.7 Å². The Morgan fingerprint density at radius 3 is 2.19 bits per heavy atom. The quantitative estimate of drug-likeness (QED) is 0.655. The number of alkyl halides is 3. The van der Waals surface area contributed by atoms with E-state index in [4.69, 9.17) is 17.3 Å². The maximum Gasteiger partial charge on any atom is 0.416 e. The number of benzene rings is 2. The number of rotatable bonds is 6. The van der Waals surface area contributed by atoms with Gasteiger partial charge < -0.3 is 5.73 Å². The van der Waals surface area contributed by atoms with Crippen LogP contribution in [0.4, 0.5) is 13.2 Å². The number of hydrogen-bond donors (Lipinski definition) is 1. The van der Waals surface area contributed by atoms with Crippen molar-refractivity contribution in [3.05, 3.63) is 64.7 Å². The Morgan fingerprint density at radius 1 is 1.03 bits per heavy atom. The van der Waals surface area contributed by atoms with Gasteiger partial charge in [0.25, 0.3) is 0 Å². The smallest absolute Gasteiger partial charge is 0.369 e. The fourth-order valence-corrected chi connectivity index (χ4v) is 6.97. The van der Waals surface area contributed by atoms with Crippen LogP contribution >= 0.6 is 11.6 Å². The van der Waals surface area contributed by atoms with Crippen LogP contribution in [0.3, 0.4) is 0 Å². The standard InChI is InChI=1S/C22H22ClF3N2O3S/c23-17-7-9-18(10-8-17)32(30,31)28(12-13-1-5-16(6-2-13)22(24,25)26)20-15-4-3-14(11-15)19(20)21(27)29/h1-2,5-10,14-15,19-20H,3-4,11-12H2,(H2,27,29). The Labute approximate surface area is 189 Å². The third kappa shape index (κ3) is 4.25. The summed E-state index contributed by atoms with van der Waals surface area (Å²) < 4.78 is 67.4. The van der Waals surface area contributed by atoms with E-state index < -0.39 is 39.6 Å². The highest BCUT2D eigenvalue weighted by atomic mass is 35.5. The average molecular weight is 487 g/mol. The highest BCUT2D eigenvalue weighted by Gasteiger charge is 2.54. The van der Waals surface area contributed by atoms with Crippen molar-refractivity contribution in [1.29, 1.82) is 0 Å². The molecular weight excluding hydrogens is 465 g/mol. The first-order valence-corrected chi connectivity index (χ1v) is 12.0. The summed E-state index contributed by atoms with van der Waals surface area (Å²) in [5.74, 6) is -1.21. The monoisotopic (exact) mass is 486 g/mol. The molecule has 10 heteroatoms. The van der Waals surface area contributed by atoms with Gasteiger partial charge in [-0.05, 0) is 73.1 Å². The lowest BCUT2D eigenvalue weighted by molar-refractivity contribution is -0.137. The maximum atomic E-state index is 13.7. The number of amides is 1. The van der Waals surface area contributed by atoms with Crippen LogP contribution in [-0.2, 0) is 27.5 Å². The highest BCUT2D eigenvalue weighted by Crippen LogP contribution is 2.51. The molecule has 4 atom stereocenters. The molecule has 0 aliphatic heterocycles. The van der Waals surface area contributed by atoms with E-state index in [2.05, 4.69) is 0 Å². The SMILES string of the molecule is NC(=O)C1C2CCC(C2)C1N(Cc1ccc(C(F)(F)F)cc1)S(=O)(=O)c1ccc(Cl)cc1. The molecule has 2 aliphatic carbocycles. The van der Waals surface area contributed by atoms with Crippen molar-refractivity contribution in [2.45, 2.75) is 42.9 Å². The molecule has 0 aromatic heterocycles. The van der Waals surface area contributed by atoms with Crippen LogP contribution in [0.15, 0.2) is 53.4 Å². The molecule has 2 N–H and O–H groups in total. The average Bonchev–Trinajstić information content (AvgIpc) is 3.33. The second-order valence-corrected chi connectivity index (χ2v) is 10.8. The van der Waals surface area contributed by atoms with Gasteiger partial charge in [-0.15, -0.1) is 0 Å². The van der Waals surface area contributed by atoms with Crippen molar-refractivity contribution in [2.24, 2.45) is 23.5 Å². The number of carbonyl (C=O) groups is 1. The van der Waals surface area contributed by atoms with Crippen molar-refractivity contribution < 1.29 is 26.4 Å². The minimum Gasteiger partial charge on any atom is -0.369 e. The summed E-state index contributed by atoms with van der Waals surface area (Å²) in [4.78, 5) is 12.3. The van der Waals surface area contributed by atoms with Crippen LogP contribution in [0.2, 0.25) is 5.02 Å². The van der Waals surface area contributed by atoms with Gasteiger partial charge in [0.2, 0.25) is 15.9 Å². The van der Waals surface area contributed by atoms with Gasteiger partial charge in [-0.1, -0.05) is 23.7 Å². The van der Waals surface area contributed by atoms with Crippen LogP contribution in [0.1, 0.15) is 30.4 Å². The van der Waals surface area contributed by atoms with Gasteiger partial charge in [0.15, 0.2) is 0 Å². The predicted molar refractivity (Wildman–Crippen MR) is 113 cm³/mol. The van der Waals surface area contributed by atoms with Gasteiger partial charge in [0.05, 0.1) is 16.4 Å². The molecule has 4 rings (SSSR count). The molecule has 2 aliphatic rings. The molecule has 2 aromatic rings. The molecule has 2 fully saturated rings. The highest BCUT2D eigenvalue weighted by molar-refractivity contribution is 7.89. The summed E-state index contributed by atoms with van der Waals surface area (Å²) in [5, 5.41) is 0.369. The molecule has 2 bridgehead atoms. The zero-order valence-electron chi connectivity index (χ0n) is 16.9. The lowest BCUT2D eigenvalue weighted by Crippen LogP contribution is -2.50. The number of fused-ring (bicyclic) bond motifs is 2. The zero-order valence-corrected chi connectivity index (χ0v) is 18.5. The Balaban J connectivity index is 1.75. The third-order valence-corrected chi connectivity index (χ3v) is 8.68. The number of primary amides is 1. The summed E-state index contributed by atoms with van der Waals surface area (Å²) >= 11 is 5.90. The van der Waals surface area contributed by atoms with Gasteiger partial charge in [-0.3, -0.25) is 4.79 Å². The molecule has 0 saturated heterocycles. The van der Waals surface area contributed by atoms with Crippen LogP contribution in [0.25, 0.3) is 0 Å². The van der Waals surface area contributed by atoms with Crippen molar-refractivity contribution >= 4 is 27.5 Å². The fourth-order valence-electron chi connectivity index (χ4n) is 5.15. The number of carbonyl (C=O) groups excluding carboxylic acids is 1. The molecule has 2 aromatic carbocycles. The van der Waals surface area contributed by atoms with Crippen molar-refractivity contribution in [2.75, 3.05) is 0 Å². The van der Waals surface area contributed by atoms with Crippen LogP contribution in [0, 0.1) is 17.8 Å². The molecule has 0 heterocycles. The maximum absolute atomic E-state index is 13.7. The predicted octanol–water partition coefficient (Wildman–Crippen LogP) is 4.45. The first-order valence-electron chi connectivity index (χ1n) is 10.2. The molecule has 4 unspecified atom stereocenters. The van der Waals surface area contributed by atoms with Crippen molar-refractivity contribution in [1.82, 2.24) is 4.31 Å². The van der Waals surface area contributed by atoms with E-state index >= 15 is 0 Å². The van der Waals surface area contributed by atoms with Crippen LogP contribution in [-0.4, -0.2) is 24.7 Å². The number of nitrogens with two attached hydrogens (primary N) is 1. The Kier molecular flexibility index (Phi) is 6.02. The summed E-state index contributed by atoms with van der Waals surface area (Å²) in [5.41, 5.74) is 5.25. The Morgan fingerprint density at radius 2 is 1.62 bits per heavy atom. The van der Waals surface area contributed by atoms with Crippen LogP contribution in [0.5, 0.6) is 0 Å². The van der Waals surface area contributed by atoms with E-state index in [9.17, 15) is 26.4 Å². The summed E-state index contributed by atoms with van der Waals surface area (Å²) in [6, 6.07) is 9.40. The zero-order chi connectivity index (χ0) is 23.3. The number of nitrogens with zero attached hydrogens (tertiary/aromatic N) is 1. The molecule has 5 nitrogen and oxygen atoms in total. The van der Waals surface area contributed by atoms with Crippen molar-refractivity contribution in [3.63, 3.8) is 0 Å². The van der Waals surface area contributed by atoms with Gasteiger partial charge in [0.1, 0.15) is 0 Å². The molecule has 2 saturated carbocycles. The lowest BCUT2D eigenvalue weighted by Gasteiger charge is -2.37. The third-order valence-electron chi connectivity index (χ3n) is 6.57. The van der Waals surface area contributed by atoms with E-state index in [0.717, 1.165) is 25.0 Å². The molecule has 172 valence electrons. The van der Waals surface area contributed by atoms with E-state index in [-0.39, 0.29) is 23.3 Å². The first-order chi connectivity index (χ1) is 15.0. The van der Waals surface area contributed by atoms with Gasteiger partial charge in [0, 0.05) is 17.6 Å². The molecule has 0 radical (unpaired) electrons. The van der Waals surface area contributed by atoms with Gasteiger partial charge in [-0.25, -0.2) is 8.42 Å². The summed E-state index contributed by atoms with van der Waals surface area (Å²) in [6.45, 7) is -0.166. The number of sulfonamides is 1. The van der Waals surface area contributed by atoms with E-state index in [0.29, 0.717) is 17.0 Å². The number of hydrogen-bond acceptors (Lipinski definition) is 3. The van der Waals surface area contributed by atoms with Crippen molar-refractivity contribution in [3.8, 4) is 0 Å².